The van der Waals surface area contributed by atoms with Crippen LogP contribution in [0.2, 0.25) is 0 Å². The molecule has 1 heterocycles. The van der Waals surface area contributed by atoms with Gasteiger partial charge in [0.25, 0.3) is 0 Å². The lowest BCUT2D eigenvalue weighted by Crippen LogP contribution is -2.53. The number of hydrogen-bond donors (Lipinski definition) is 1. The van der Waals surface area contributed by atoms with Crippen LogP contribution >= 0.6 is 0 Å². The molecular formula is C20H26N2. The Bertz CT molecular complexity index is 525. The predicted octanol–water partition coefficient (Wildman–Crippen LogP) is 3.71. The van der Waals surface area contributed by atoms with Crippen molar-refractivity contribution in [3.63, 3.8) is 0 Å². The predicted molar refractivity (Wildman–Crippen MR) is 92.9 cm³/mol. The van der Waals surface area contributed by atoms with E-state index in [1.54, 1.807) is 0 Å². The second kappa shape index (κ2) is 7.08. The van der Waals surface area contributed by atoms with Crippen LogP contribution in [0.4, 0.5) is 0 Å². The van der Waals surface area contributed by atoms with Gasteiger partial charge in [0.05, 0.1) is 6.04 Å². The van der Waals surface area contributed by atoms with Crippen LogP contribution in [0.25, 0.3) is 0 Å². The number of nitrogens with zero attached hydrogens (tertiary/aromatic N) is 1. The third kappa shape index (κ3) is 3.40. The lowest BCUT2D eigenvalue weighted by Gasteiger charge is -2.40. The maximum Gasteiger partial charge on any atom is 0.0602 e. The fourth-order valence-electron chi connectivity index (χ4n) is 3.37. The number of rotatable bonds is 4. The number of benzene rings is 2. The first-order valence-electron chi connectivity index (χ1n) is 8.33. The van der Waals surface area contributed by atoms with Crippen molar-refractivity contribution in [1.29, 1.82) is 0 Å². The first-order valence-corrected chi connectivity index (χ1v) is 8.33. The molecule has 0 aromatic heterocycles. The molecule has 22 heavy (non-hydrogen) atoms. The molecule has 0 saturated carbocycles. The van der Waals surface area contributed by atoms with Gasteiger partial charge in [0, 0.05) is 25.7 Å². The zero-order chi connectivity index (χ0) is 15.4. The van der Waals surface area contributed by atoms with E-state index in [2.05, 4.69) is 84.7 Å². The van der Waals surface area contributed by atoms with Crippen LogP contribution < -0.4 is 5.32 Å². The van der Waals surface area contributed by atoms with Crippen molar-refractivity contribution in [1.82, 2.24) is 10.2 Å². The van der Waals surface area contributed by atoms with E-state index in [0.717, 1.165) is 19.6 Å². The van der Waals surface area contributed by atoms with E-state index < -0.39 is 0 Å². The van der Waals surface area contributed by atoms with Crippen LogP contribution in [0.5, 0.6) is 0 Å². The van der Waals surface area contributed by atoms with Crippen molar-refractivity contribution in [2.45, 2.75) is 25.9 Å². The molecule has 0 aliphatic carbocycles. The number of hydrogen-bond acceptors (Lipinski definition) is 2. The summed E-state index contributed by atoms with van der Waals surface area (Å²) in [5, 5.41) is 3.66. The monoisotopic (exact) mass is 294 g/mol. The lowest BCUT2D eigenvalue weighted by atomic mass is 9.94. The molecule has 2 aromatic rings. The van der Waals surface area contributed by atoms with Crippen LogP contribution in [0, 0.1) is 5.92 Å². The molecule has 1 aliphatic heterocycles. The van der Waals surface area contributed by atoms with Crippen LogP contribution in [0.15, 0.2) is 60.7 Å². The van der Waals surface area contributed by atoms with E-state index >= 15 is 0 Å². The highest BCUT2D eigenvalue weighted by Crippen LogP contribution is 2.29. The number of piperazine rings is 1. The molecule has 0 bridgehead atoms. The van der Waals surface area contributed by atoms with Crippen molar-refractivity contribution in [3.05, 3.63) is 71.8 Å². The second-order valence-electron chi connectivity index (χ2n) is 6.52. The minimum Gasteiger partial charge on any atom is -0.311 e. The second-order valence-corrected chi connectivity index (χ2v) is 6.52. The summed E-state index contributed by atoms with van der Waals surface area (Å²) in [6, 6.07) is 22.7. The molecule has 1 N–H and O–H groups in total. The van der Waals surface area contributed by atoms with Gasteiger partial charge in [0.15, 0.2) is 0 Å². The van der Waals surface area contributed by atoms with Gasteiger partial charge in [-0.2, -0.15) is 0 Å². The summed E-state index contributed by atoms with van der Waals surface area (Å²) in [7, 11) is 0. The molecule has 0 radical (unpaired) electrons. The van der Waals surface area contributed by atoms with Gasteiger partial charge >= 0.3 is 0 Å². The quantitative estimate of drug-likeness (QED) is 0.925. The Balaban J connectivity index is 1.92. The summed E-state index contributed by atoms with van der Waals surface area (Å²) < 4.78 is 0. The lowest BCUT2D eigenvalue weighted by molar-refractivity contribution is 0.144. The van der Waals surface area contributed by atoms with Gasteiger partial charge in [-0.15, -0.1) is 0 Å². The van der Waals surface area contributed by atoms with Gasteiger partial charge in [0.1, 0.15) is 0 Å². The molecule has 1 unspecified atom stereocenters. The van der Waals surface area contributed by atoms with E-state index in [-0.39, 0.29) is 0 Å². The van der Waals surface area contributed by atoms with Gasteiger partial charge in [-0.05, 0) is 17.0 Å². The van der Waals surface area contributed by atoms with Crippen LogP contribution in [0.1, 0.15) is 31.0 Å². The van der Waals surface area contributed by atoms with E-state index in [0.29, 0.717) is 18.0 Å². The highest BCUT2D eigenvalue weighted by Gasteiger charge is 2.28. The Kier molecular flexibility index (Phi) is 4.91. The normalized spacial score (nSPS) is 19.7. The van der Waals surface area contributed by atoms with E-state index in [4.69, 9.17) is 0 Å². The van der Waals surface area contributed by atoms with E-state index in [1.165, 1.54) is 11.1 Å². The standard InChI is InChI=1S/C20H26N2/c1-16(2)19-15-22(14-13-21-19)20(17-9-5-3-6-10-17)18-11-7-4-8-12-18/h3-12,16,19-21H,13-15H2,1-2H3. The molecule has 2 aromatic carbocycles. The smallest absolute Gasteiger partial charge is 0.0602 e. The molecule has 1 fully saturated rings. The Morgan fingerprint density at radius 2 is 1.45 bits per heavy atom. The SMILES string of the molecule is CC(C)C1CN(C(c2ccccc2)c2ccccc2)CCN1. The van der Waals surface area contributed by atoms with Crippen molar-refractivity contribution in [2.75, 3.05) is 19.6 Å². The summed E-state index contributed by atoms with van der Waals surface area (Å²) in [5.74, 6) is 0.662. The molecule has 0 amide bonds. The highest BCUT2D eigenvalue weighted by molar-refractivity contribution is 5.32. The average molecular weight is 294 g/mol. The summed E-state index contributed by atoms with van der Waals surface area (Å²) in [6.45, 7) is 7.88. The van der Waals surface area contributed by atoms with E-state index in [1.807, 2.05) is 0 Å². The molecule has 116 valence electrons. The van der Waals surface area contributed by atoms with Gasteiger partial charge in [-0.25, -0.2) is 0 Å². The Labute approximate surface area is 134 Å². The zero-order valence-electron chi connectivity index (χ0n) is 13.6. The Hall–Kier alpha value is -1.64. The van der Waals surface area contributed by atoms with Gasteiger partial charge in [-0.3, -0.25) is 4.90 Å². The molecule has 0 spiro atoms. The largest absolute Gasteiger partial charge is 0.311 e. The summed E-state index contributed by atoms with van der Waals surface area (Å²) in [6.07, 6.45) is 0. The third-order valence-corrected chi connectivity index (χ3v) is 4.64. The molecule has 1 atom stereocenters. The van der Waals surface area contributed by atoms with Gasteiger partial charge < -0.3 is 5.32 Å². The molecule has 2 heteroatoms. The molecule has 1 saturated heterocycles. The Morgan fingerprint density at radius 1 is 0.909 bits per heavy atom. The fraction of sp³-hybridized carbons (Fsp3) is 0.400. The van der Waals surface area contributed by atoms with Crippen molar-refractivity contribution in [3.8, 4) is 0 Å². The van der Waals surface area contributed by atoms with Crippen LogP contribution in [0.3, 0.4) is 0 Å². The van der Waals surface area contributed by atoms with Crippen molar-refractivity contribution >= 4 is 0 Å². The molecule has 1 aliphatic rings. The Morgan fingerprint density at radius 3 is 1.95 bits per heavy atom. The third-order valence-electron chi connectivity index (χ3n) is 4.64. The average Bonchev–Trinajstić information content (AvgIpc) is 2.57. The maximum atomic E-state index is 3.66. The van der Waals surface area contributed by atoms with Crippen molar-refractivity contribution < 1.29 is 0 Å². The van der Waals surface area contributed by atoms with Gasteiger partial charge in [0.2, 0.25) is 0 Å². The first-order chi connectivity index (χ1) is 10.8. The van der Waals surface area contributed by atoms with Crippen molar-refractivity contribution in [2.24, 2.45) is 5.92 Å². The fourth-order valence-corrected chi connectivity index (χ4v) is 3.37. The maximum absolute atomic E-state index is 3.66. The van der Waals surface area contributed by atoms with Crippen LogP contribution in [-0.4, -0.2) is 30.6 Å². The number of nitrogens with one attached hydrogen (secondary N) is 1. The first kappa shape index (κ1) is 15.3. The van der Waals surface area contributed by atoms with E-state index in [9.17, 15) is 0 Å². The summed E-state index contributed by atoms with van der Waals surface area (Å²) >= 11 is 0. The molecule has 3 rings (SSSR count). The minimum atomic E-state index is 0.353. The molecule has 2 nitrogen and oxygen atoms in total. The minimum absolute atomic E-state index is 0.353. The molecular weight excluding hydrogens is 268 g/mol. The zero-order valence-corrected chi connectivity index (χ0v) is 13.6. The topological polar surface area (TPSA) is 15.3 Å². The summed E-state index contributed by atoms with van der Waals surface area (Å²) in [5.41, 5.74) is 2.77. The summed E-state index contributed by atoms with van der Waals surface area (Å²) in [4.78, 5) is 2.63. The van der Waals surface area contributed by atoms with Crippen LogP contribution in [-0.2, 0) is 0 Å². The van der Waals surface area contributed by atoms with Gasteiger partial charge in [-0.1, -0.05) is 74.5 Å². The highest BCUT2D eigenvalue weighted by atomic mass is 15.2.